The fourth-order valence-electron chi connectivity index (χ4n) is 3.94. The molecular formula is C23H29N3O. The zero-order chi connectivity index (χ0) is 18.6. The van der Waals surface area contributed by atoms with Gasteiger partial charge in [0.05, 0.1) is 24.1 Å². The molecule has 0 bridgehead atoms. The van der Waals surface area contributed by atoms with E-state index in [2.05, 4.69) is 65.8 Å². The first-order chi connectivity index (χ1) is 13.2. The fourth-order valence-corrected chi connectivity index (χ4v) is 3.94. The van der Waals surface area contributed by atoms with Crippen LogP contribution >= 0.6 is 0 Å². The summed E-state index contributed by atoms with van der Waals surface area (Å²) >= 11 is 0. The molecule has 27 heavy (non-hydrogen) atoms. The number of likely N-dealkylation sites (tertiary alicyclic amines) is 1. The highest BCUT2D eigenvalue weighted by Crippen LogP contribution is 2.22. The summed E-state index contributed by atoms with van der Waals surface area (Å²) in [5.41, 5.74) is 4.78. The Morgan fingerprint density at radius 3 is 2.63 bits per heavy atom. The third-order valence-electron chi connectivity index (χ3n) is 5.67. The number of ether oxygens (including phenoxy) is 1. The van der Waals surface area contributed by atoms with Gasteiger partial charge in [0.15, 0.2) is 0 Å². The van der Waals surface area contributed by atoms with Crippen LogP contribution in [0.15, 0.2) is 42.5 Å². The molecule has 4 heteroatoms. The molecule has 4 nitrogen and oxygen atoms in total. The molecular weight excluding hydrogens is 334 g/mol. The number of imidazole rings is 1. The van der Waals surface area contributed by atoms with Crippen LogP contribution in [0.25, 0.3) is 11.0 Å². The molecule has 142 valence electrons. The zero-order valence-corrected chi connectivity index (χ0v) is 16.4. The molecule has 0 atom stereocenters. The van der Waals surface area contributed by atoms with Gasteiger partial charge in [-0.05, 0) is 69.1 Å². The van der Waals surface area contributed by atoms with E-state index in [-0.39, 0.29) is 0 Å². The van der Waals surface area contributed by atoms with Crippen LogP contribution in [0.2, 0.25) is 0 Å². The van der Waals surface area contributed by atoms with Crippen LogP contribution in [0.3, 0.4) is 0 Å². The summed E-state index contributed by atoms with van der Waals surface area (Å²) in [5.74, 6) is 2.14. The summed E-state index contributed by atoms with van der Waals surface area (Å²) in [4.78, 5) is 7.46. The lowest BCUT2D eigenvalue weighted by Gasteiger charge is -2.26. The van der Waals surface area contributed by atoms with Gasteiger partial charge in [-0.2, -0.15) is 0 Å². The quantitative estimate of drug-likeness (QED) is 0.635. The van der Waals surface area contributed by atoms with Crippen LogP contribution in [-0.4, -0.2) is 34.1 Å². The van der Waals surface area contributed by atoms with Gasteiger partial charge in [0, 0.05) is 0 Å². The lowest BCUT2D eigenvalue weighted by molar-refractivity contribution is 0.211. The molecule has 1 aromatic heterocycles. The summed E-state index contributed by atoms with van der Waals surface area (Å²) in [6.07, 6.45) is 3.96. The van der Waals surface area contributed by atoms with Crippen molar-refractivity contribution in [3.05, 3.63) is 59.4 Å². The Labute approximate surface area is 161 Å². The number of piperidine rings is 1. The van der Waals surface area contributed by atoms with E-state index < -0.39 is 0 Å². The number of hydrogen-bond donors (Lipinski definition) is 0. The number of aromatic nitrogens is 2. The molecule has 0 amide bonds. The molecule has 0 unspecified atom stereocenters. The monoisotopic (exact) mass is 363 g/mol. The summed E-state index contributed by atoms with van der Waals surface area (Å²) in [5, 5.41) is 0. The van der Waals surface area contributed by atoms with Crippen molar-refractivity contribution < 1.29 is 4.74 Å². The van der Waals surface area contributed by atoms with E-state index in [1.807, 2.05) is 0 Å². The summed E-state index contributed by atoms with van der Waals surface area (Å²) < 4.78 is 8.46. The summed E-state index contributed by atoms with van der Waals surface area (Å²) in [7, 11) is 0. The number of aryl methyl sites for hydroxylation is 1. The topological polar surface area (TPSA) is 30.3 Å². The maximum Gasteiger partial charge on any atom is 0.124 e. The Balaban J connectivity index is 1.52. The van der Waals surface area contributed by atoms with Crippen molar-refractivity contribution in [3.63, 3.8) is 0 Å². The number of hydrogen-bond acceptors (Lipinski definition) is 3. The second kappa shape index (κ2) is 8.13. The number of rotatable bonds is 6. The molecule has 1 aliphatic heterocycles. The molecule has 2 aromatic carbocycles. The van der Waals surface area contributed by atoms with Gasteiger partial charge >= 0.3 is 0 Å². The van der Waals surface area contributed by atoms with Crippen molar-refractivity contribution in [2.45, 2.75) is 46.2 Å². The van der Waals surface area contributed by atoms with Gasteiger partial charge < -0.3 is 9.30 Å². The number of nitrogens with zero attached hydrogens (tertiary/aromatic N) is 3. The Bertz CT molecular complexity index is 909. The smallest absolute Gasteiger partial charge is 0.124 e. The van der Waals surface area contributed by atoms with Crippen molar-refractivity contribution in [2.75, 3.05) is 19.7 Å². The first-order valence-corrected chi connectivity index (χ1v) is 10.1. The van der Waals surface area contributed by atoms with E-state index in [4.69, 9.17) is 9.72 Å². The third-order valence-corrected chi connectivity index (χ3v) is 5.67. The van der Waals surface area contributed by atoms with Crippen LogP contribution in [0.4, 0.5) is 0 Å². The molecule has 0 N–H and O–H groups in total. The first kappa shape index (κ1) is 18.1. The van der Waals surface area contributed by atoms with Gasteiger partial charge in [0.25, 0.3) is 0 Å². The van der Waals surface area contributed by atoms with Crippen molar-refractivity contribution >= 4 is 11.0 Å². The van der Waals surface area contributed by atoms with Gasteiger partial charge in [-0.1, -0.05) is 30.7 Å². The van der Waals surface area contributed by atoms with Crippen LogP contribution < -0.4 is 4.74 Å². The second-order valence-electron chi connectivity index (χ2n) is 7.55. The number of para-hydroxylation sites is 2. The summed E-state index contributed by atoms with van der Waals surface area (Å²) in [6, 6.07) is 14.7. The van der Waals surface area contributed by atoms with Crippen LogP contribution in [0, 0.1) is 13.8 Å². The molecule has 0 radical (unpaired) electrons. The lowest BCUT2D eigenvalue weighted by atomic mass is 10.1. The molecule has 0 aliphatic carbocycles. The molecule has 4 rings (SSSR count). The Morgan fingerprint density at radius 1 is 0.963 bits per heavy atom. The van der Waals surface area contributed by atoms with Gasteiger partial charge in [-0.3, -0.25) is 4.90 Å². The lowest BCUT2D eigenvalue weighted by Crippen LogP contribution is -2.30. The molecule has 3 aromatic rings. The molecule has 0 spiro atoms. The highest BCUT2D eigenvalue weighted by atomic mass is 16.5. The van der Waals surface area contributed by atoms with Crippen molar-refractivity contribution in [1.82, 2.24) is 14.5 Å². The van der Waals surface area contributed by atoms with E-state index in [0.29, 0.717) is 6.61 Å². The average Bonchev–Trinajstić information content (AvgIpc) is 3.03. The SMILES string of the molecule is Cc1cccc(OCCn2c(CN3CCCCC3)nc3ccccc32)c1C. The maximum atomic E-state index is 6.12. The molecule has 2 heterocycles. The Kier molecular flexibility index (Phi) is 5.44. The highest BCUT2D eigenvalue weighted by Gasteiger charge is 2.16. The molecule has 1 fully saturated rings. The van der Waals surface area contributed by atoms with E-state index >= 15 is 0 Å². The minimum Gasteiger partial charge on any atom is -0.491 e. The van der Waals surface area contributed by atoms with Crippen molar-refractivity contribution in [3.8, 4) is 5.75 Å². The van der Waals surface area contributed by atoms with Gasteiger partial charge in [0.2, 0.25) is 0 Å². The van der Waals surface area contributed by atoms with Crippen LogP contribution in [0.5, 0.6) is 5.75 Å². The largest absolute Gasteiger partial charge is 0.491 e. The van der Waals surface area contributed by atoms with Crippen LogP contribution in [0.1, 0.15) is 36.2 Å². The number of fused-ring (bicyclic) bond motifs is 1. The third kappa shape index (κ3) is 4.01. The maximum absolute atomic E-state index is 6.12. The second-order valence-corrected chi connectivity index (χ2v) is 7.55. The summed E-state index contributed by atoms with van der Waals surface area (Å²) in [6.45, 7) is 9.01. The van der Waals surface area contributed by atoms with E-state index in [1.54, 1.807) is 0 Å². The Morgan fingerprint density at radius 2 is 1.78 bits per heavy atom. The predicted molar refractivity (Wildman–Crippen MR) is 110 cm³/mol. The number of benzene rings is 2. The molecule has 1 aliphatic rings. The normalized spacial score (nSPS) is 15.3. The van der Waals surface area contributed by atoms with Crippen molar-refractivity contribution in [1.29, 1.82) is 0 Å². The predicted octanol–water partition coefficient (Wildman–Crippen LogP) is 4.72. The van der Waals surface area contributed by atoms with E-state index in [1.165, 1.54) is 49.0 Å². The minimum atomic E-state index is 0.650. The average molecular weight is 364 g/mol. The molecule has 0 saturated carbocycles. The fraction of sp³-hybridized carbons (Fsp3) is 0.435. The Hall–Kier alpha value is -2.33. The minimum absolute atomic E-state index is 0.650. The van der Waals surface area contributed by atoms with Gasteiger partial charge in [-0.25, -0.2) is 4.98 Å². The highest BCUT2D eigenvalue weighted by molar-refractivity contribution is 5.75. The van der Waals surface area contributed by atoms with Crippen LogP contribution in [-0.2, 0) is 13.1 Å². The standard InChI is InChI=1S/C23H29N3O/c1-18-9-8-12-22(19(18)2)27-16-15-26-21-11-5-4-10-20(21)24-23(26)17-25-13-6-3-7-14-25/h4-5,8-12H,3,6-7,13-17H2,1-2H3. The van der Waals surface area contributed by atoms with E-state index in [9.17, 15) is 0 Å². The zero-order valence-electron chi connectivity index (χ0n) is 16.4. The first-order valence-electron chi connectivity index (χ1n) is 10.1. The van der Waals surface area contributed by atoms with Gasteiger partial charge in [0.1, 0.15) is 18.2 Å². The van der Waals surface area contributed by atoms with Crippen molar-refractivity contribution in [2.24, 2.45) is 0 Å². The van der Waals surface area contributed by atoms with E-state index in [0.717, 1.165) is 30.2 Å². The molecule has 1 saturated heterocycles. The van der Waals surface area contributed by atoms with Gasteiger partial charge in [-0.15, -0.1) is 0 Å².